The van der Waals surface area contributed by atoms with Crippen LogP contribution in [0.3, 0.4) is 0 Å². The molecule has 0 bridgehead atoms. The summed E-state index contributed by atoms with van der Waals surface area (Å²) in [6.45, 7) is -0.0365. The number of halogens is 3. The van der Waals surface area contributed by atoms with Crippen LogP contribution in [-0.4, -0.2) is 53.9 Å². The molecule has 0 aromatic carbocycles. The zero-order valence-corrected chi connectivity index (χ0v) is 8.55. The van der Waals surface area contributed by atoms with Gasteiger partial charge >= 0.3 is 6.18 Å². The van der Waals surface area contributed by atoms with Crippen molar-refractivity contribution in [3.63, 3.8) is 0 Å². The molecule has 0 aromatic rings. The van der Waals surface area contributed by atoms with Gasteiger partial charge in [-0.1, -0.05) is 0 Å². The van der Waals surface area contributed by atoms with Crippen molar-refractivity contribution < 1.29 is 23.1 Å². The number of carbonyl (C=O) groups excluding carboxylic acids is 1. The maximum Gasteiger partial charge on any atom is 0.420 e. The molecule has 2 aliphatic rings. The molecule has 2 saturated heterocycles. The lowest BCUT2D eigenvalue weighted by Crippen LogP contribution is -2.70. The van der Waals surface area contributed by atoms with Crippen LogP contribution in [0.4, 0.5) is 13.2 Å². The third kappa shape index (κ3) is 1.78. The van der Waals surface area contributed by atoms with E-state index in [2.05, 4.69) is 5.32 Å². The summed E-state index contributed by atoms with van der Waals surface area (Å²) in [5.74, 6) is -0.531. The Labute approximate surface area is 90.4 Å². The van der Waals surface area contributed by atoms with Gasteiger partial charge in [-0.2, -0.15) is 13.2 Å². The number of alkyl halides is 3. The first-order valence-corrected chi connectivity index (χ1v) is 5.12. The highest BCUT2D eigenvalue weighted by Gasteiger charge is 2.62. The van der Waals surface area contributed by atoms with E-state index < -0.39 is 24.9 Å². The first-order chi connectivity index (χ1) is 7.33. The highest BCUT2D eigenvalue weighted by Crippen LogP contribution is 2.38. The highest BCUT2D eigenvalue weighted by atomic mass is 19.4. The molecule has 0 saturated carbocycles. The van der Waals surface area contributed by atoms with Gasteiger partial charge in [0, 0.05) is 6.54 Å². The zero-order valence-electron chi connectivity index (χ0n) is 8.55. The van der Waals surface area contributed by atoms with Crippen LogP contribution < -0.4 is 5.32 Å². The summed E-state index contributed by atoms with van der Waals surface area (Å²) in [7, 11) is 0. The quantitative estimate of drug-likeness (QED) is 0.661. The van der Waals surface area contributed by atoms with E-state index in [1.54, 1.807) is 0 Å². The number of nitrogens with one attached hydrogen (secondary N) is 1. The molecule has 92 valence electrons. The van der Waals surface area contributed by atoms with Gasteiger partial charge in [-0.15, -0.1) is 0 Å². The molecule has 2 aliphatic heterocycles. The minimum Gasteiger partial charge on any atom is -0.378 e. The molecule has 2 heterocycles. The third-order valence-corrected chi connectivity index (χ3v) is 3.15. The van der Waals surface area contributed by atoms with Gasteiger partial charge in [-0.25, -0.2) is 0 Å². The van der Waals surface area contributed by atoms with Crippen LogP contribution in [0.5, 0.6) is 0 Å². The van der Waals surface area contributed by atoms with Crippen molar-refractivity contribution in [2.24, 2.45) is 5.92 Å². The van der Waals surface area contributed by atoms with Crippen LogP contribution >= 0.6 is 0 Å². The van der Waals surface area contributed by atoms with E-state index in [0.717, 1.165) is 4.90 Å². The summed E-state index contributed by atoms with van der Waals surface area (Å²) in [5, 5.41) is 12.1. The molecule has 0 aliphatic carbocycles. The van der Waals surface area contributed by atoms with E-state index in [9.17, 15) is 23.1 Å². The maximum atomic E-state index is 12.3. The normalized spacial score (nSPS) is 29.0. The Morgan fingerprint density at radius 2 is 2.06 bits per heavy atom. The molecule has 0 unspecified atom stereocenters. The lowest BCUT2D eigenvalue weighted by Gasteiger charge is -2.47. The van der Waals surface area contributed by atoms with Crippen LogP contribution in [0.25, 0.3) is 0 Å². The van der Waals surface area contributed by atoms with E-state index in [0.29, 0.717) is 19.5 Å². The number of nitrogens with zero attached hydrogens (tertiary/aromatic N) is 1. The second-order valence-corrected chi connectivity index (χ2v) is 4.41. The largest absolute Gasteiger partial charge is 0.420 e. The fourth-order valence-corrected chi connectivity index (χ4v) is 2.04. The molecule has 16 heavy (non-hydrogen) atoms. The second-order valence-electron chi connectivity index (χ2n) is 4.41. The number of aliphatic hydroxyl groups is 1. The second kappa shape index (κ2) is 3.59. The molecular formula is C9H13F3N2O2. The number of hydrogen-bond acceptors (Lipinski definition) is 3. The Hall–Kier alpha value is -0.820. The fraction of sp³-hybridized carbons (Fsp3) is 0.889. The van der Waals surface area contributed by atoms with Gasteiger partial charge in [0.25, 0.3) is 0 Å². The van der Waals surface area contributed by atoms with E-state index in [1.165, 1.54) is 0 Å². The summed E-state index contributed by atoms with van der Waals surface area (Å²) in [5.41, 5.74) is -2.70. The number of β-amino-alcohol motifs (C(OH)–C–C–N with tert-alkyl or cyclic N) is 1. The smallest absolute Gasteiger partial charge is 0.378 e. The average molecular weight is 238 g/mol. The molecule has 4 nitrogen and oxygen atoms in total. The number of rotatable bonds is 1. The summed E-state index contributed by atoms with van der Waals surface area (Å²) in [6, 6.07) is 0. The summed E-state index contributed by atoms with van der Waals surface area (Å²) in [6.07, 6.45) is -4.00. The Morgan fingerprint density at radius 3 is 2.50 bits per heavy atom. The molecule has 0 spiro atoms. The Morgan fingerprint density at radius 1 is 1.44 bits per heavy atom. The first-order valence-electron chi connectivity index (χ1n) is 5.12. The van der Waals surface area contributed by atoms with Gasteiger partial charge in [0.1, 0.15) is 0 Å². The Balaban J connectivity index is 1.90. The standard InChI is InChI=1S/C9H13F3N2O2/c10-9(11,12)8(16)4-14(5-8)7(15)6-1-2-13-3-6/h6,13,16H,1-5H2/t6-/m1/s1. The van der Waals surface area contributed by atoms with Gasteiger partial charge < -0.3 is 15.3 Å². The molecule has 1 amide bonds. The number of hydrogen-bond donors (Lipinski definition) is 2. The van der Waals surface area contributed by atoms with Crippen LogP contribution in [0.1, 0.15) is 6.42 Å². The summed E-state index contributed by atoms with van der Waals surface area (Å²) in [4.78, 5) is 12.7. The molecule has 1 atom stereocenters. The van der Waals surface area contributed by atoms with Crippen molar-refractivity contribution in [2.45, 2.75) is 18.2 Å². The van der Waals surface area contributed by atoms with Crippen LogP contribution in [0, 0.1) is 5.92 Å². The lowest BCUT2D eigenvalue weighted by molar-refractivity contribution is -0.297. The van der Waals surface area contributed by atoms with Gasteiger partial charge in [0.2, 0.25) is 5.91 Å². The lowest BCUT2D eigenvalue weighted by atomic mass is 9.91. The monoisotopic (exact) mass is 238 g/mol. The summed E-state index contributed by atoms with van der Waals surface area (Å²) >= 11 is 0. The van der Waals surface area contributed by atoms with Crippen molar-refractivity contribution in [3.8, 4) is 0 Å². The number of likely N-dealkylation sites (tertiary alicyclic amines) is 1. The Bertz CT molecular complexity index is 294. The fourth-order valence-electron chi connectivity index (χ4n) is 2.04. The van der Waals surface area contributed by atoms with Crippen molar-refractivity contribution in [3.05, 3.63) is 0 Å². The maximum absolute atomic E-state index is 12.3. The van der Waals surface area contributed by atoms with Crippen LogP contribution in [0.2, 0.25) is 0 Å². The van der Waals surface area contributed by atoms with Gasteiger partial charge in [0.05, 0.1) is 19.0 Å². The molecule has 7 heteroatoms. The minimum absolute atomic E-state index is 0.238. The highest BCUT2D eigenvalue weighted by molar-refractivity contribution is 5.80. The number of carbonyl (C=O) groups is 1. The first kappa shape index (κ1) is 11.7. The molecule has 0 aromatic heterocycles. The topological polar surface area (TPSA) is 52.6 Å². The van der Waals surface area contributed by atoms with Gasteiger partial charge in [-0.05, 0) is 13.0 Å². The molecule has 0 radical (unpaired) electrons. The predicted octanol–water partition coefficient (Wildman–Crippen LogP) is -0.269. The van der Waals surface area contributed by atoms with E-state index in [-0.39, 0.29) is 11.8 Å². The van der Waals surface area contributed by atoms with Gasteiger partial charge in [-0.3, -0.25) is 4.79 Å². The molecule has 2 fully saturated rings. The van der Waals surface area contributed by atoms with Gasteiger partial charge in [0.15, 0.2) is 5.60 Å². The predicted molar refractivity (Wildman–Crippen MR) is 48.6 cm³/mol. The SMILES string of the molecule is O=C([C@@H]1CCNC1)N1CC(O)(C(F)(F)F)C1. The van der Waals surface area contributed by atoms with Crippen LogP contribution in [0.15, 0.2) is 0 Å². The number of amides is 1. The third-order valence-electron chi connectivity index (χ3n) is 3.15. The zero-order chi connectivity index (χ0) is 12.0. The van der Waals surface area contributed by atoms with Crippen molar-refractivity contribution >= 4 is 5.91 Å². The molecule has 2 rings (SSSR count). The van der Waals surface area contributed by atoms with Crippen LogP contribution in [-0.2, 0) is 4.79 Å². The van der Waals surface area contributed by atoms with Crippen molar-refractivity contribution in [1.82, 2.24) is 10.2 Å². The summed E-state index contributed by atoms with van der Waals surface area (Å²) < 4.78 is 36.9. The molecule has 2 N–H and O–H groups in total. The van der Waals surface area contributed by atoms with E-state index in [4.69, 9.17) is 0 Å². The van der Waals surface area contributed by atoms with Crippen molar-refractivity contribution in [1.29, 1.82) is 0 Å². The van der Waals surface area contributed by atoms with E-state index in [1.807, 2.05) is 0 Å². The average Bonchev–Trinajstić information content (AvgIpc) is 2.62. The Kier molecular flexibility index (Phi) is 2.62. The van der Waals surface area contributed by atoms with E-state index >= 15 is 0 Å². The molecular weight excluding hydrogens is 225 g/mol. The van der Waals surface area contributed by atoms with Crippen molar-refractivity contribution in [2.75, 3.05) is 26.2 Å². The minimum atomic E-state index is -4.66.